The van der Waals surface area contributed by atoms with Crippen molar-refractivity contribution < 1.29 is 4.79 Å². The molecule has 0 aliphatic carbocycles. The second kappa shape index (κ2) is 8.80. The number of piperazine rings is 1. The Labute approximate surface area is 151 Å². The highest BCUT2D eigenvalue weighted by Gasteiger charge is 2.31. The lowest BCUT2D eigenvalue weighted by atomic mass is 9.68. The molecular formula is C21H42N2O. The average Bonchev–Trinajstić information content (AvgIpc) is 2.45. The second-order valence-corrected chi connectivity index (χ2v) is 9.97. The van der Waals surface area contributed by atoms with Gasteiger partial charge in [0.25, 0.3) is 0 Å². The van der Waals surface area contributed by atoms with Gasteiger partial charge in [-0.3, -0.25) is 9.69 Å². The van der Waals surface area contributed by atoms with Crippen LogP contribution in [-0.2, 0) is 4.79 Å². The van der Waals surface area contributed by atoms with E-state index in [-0.39, 0.29) is 5.92 Å². The lowest BCUT2D eigenvalue weighted by Gasteiger charge is -2.40. The zero-order valence-electron chi connectivity index (χ0n) is 17.6. The van der Waals surface area contributed by atoms with Gasteiger partial charge in [-0.1, -0.05) is 55.4 Å². The molecule has 3 nitrogen and oxygen atoms in total. The molecule has 1 aliphatic heterocycles. The minimum absolute atomic E-state index is 0.160. The first-order valence-electron chi connectivity index (χ1n) is 9.90. The molecule has 0 aromatic heterocycles. The highest BCUT2D eigenvalue weighted by atomic mass is 16.1. The van der Waals surface area contributed by atoms with E-state index >= 15 is 0 Å². The first kappa shape index (κ1) is 21.6. The van der Waals surface area contributed by atoms with E-state index in [9.17, 15) is 4.79 Å². The third-order valence-corrected chi connectivity index (χ3v) is 6.09. The summed E-state index contributed by atoms with van der Waals surface area (Å²) in [4.78, 5) is 16.8. The van der Waals surface area contributed by atoms with Gasteiger partial charge in [0.2, 0.25) is 0 Å². The van der Waals surface area contributed by atoms with Crippen molar-refractivity contribution >= 4 is 5.78 Å². The Morgan fingerprint density at radius 1 is 0.917 bits per heavy atom. The van der Waals surface area contributed by atoms with E-state index in [0.717, 1.165) is 32.1 Å². The Morgan fingerprint density at radius 2 is 1.42 bits per heavy atom. The van der Waals surface area contributed by atoms with Crippen molar-refractivity contribution in [3.05, 3.63) is 0 Å². The van der Waals surface area contributed by atoms with Crippen LogP contribution in [0.1, 0.15) is 68.2 Å². The summed E-state index contributed by atoms with van der Waals surface area (Å²) in [5.41, 5.74) is 0.790. The van der Waals surface area contributed by atoms with Crippen LogP contribution in [-0.4, -0.2) is 54.9 Å². The molecule has 0 amide bonds. The van der Waals surface area contributed by atoms with E-state index in [1.807, 2.05) is 13.8 Å². The molecule has 0 N–H and O–H groups in total. The molecule has 0 bridgehead atoms. The molecule has 24 heavy (non-hydrogen) atoms. The first-order chi connectivity index (χ1) is 10.9. The Morgan fingerprint density at radius 3 is 1.88 bits per heavy atom. The topological polar surface area (TPSA) is 23.6 Å². The third kappa shape index (κ3) is 7.23. The molecule has 1 saturated heterocycles. The van der Waals surface area contributed by atoms with Gasteiger partial charge in [0.05, 0.1) is 6.54 Å². The molecule has 0 saturated carbocycles. The minimum atomic E-state index is 0.160. The van der Waals surface area contributed by atoms with E-state index in [1.165, 1.54) is 19.4 Å². The van der Waals surface area contributed by atoms with Crippen LogP contribution in [0.4, 0.5) is 0 Å². The van der Waals surface area contributed by atoms with E-state index in [0.29, 0.717) is 23.2 Å². The number of rotatable bonds is 9. The number of carbonyl (C=O) groups excluding carboxylic acids is 1. The van der Waals surface area contributed by atoms with Crippen LogP contribution in [0.15, 0.2) is 0 Å². The number of hydrogen-bond acceptors (Lipinski definition) is 3. The molecule has 3 heteroatoms. The predicted octanol–water partition coefficient (Wildman–Crippen LogP) is 4.32. The van der Waals surface area contributed by atoms with Gasteiger partial charge in [-0.25, -0.2) is 0 Å². The van der Waals surface area contributed by atoms with Crippen molar-refractivity contribution in [3.8, 4) is 0 Å². The normalized spacial score (nSPS) is 18.6. The van der Waals surface area contributed by atoms with Crippen molar-refractivity contribution in [1.29, 1.82) is 0 Å². The maximum atomic E-state index is 11.9. The monoisotopic (exact) mass is 338 g/mol. The largest absolute Gasteiger partial charge is 0.301 e. The van der Waals surface area contributed by atoms with Crippen LogP contribution in [0, 0.1) is 22.7 Å². The summed E-state index contributed by atoms with van der Waals surface area (Å²) >= 11 is 0. The summed E-state index contributed by atoms with van der Waals surface area (Å²) in [5.74, 6) is 1.26. The van der Waals surface area contributed by atoms with Gasteiger partial charge in [0.15, 0.2) is 0 Å². The van der Waals surface area contributed by atoms with E-state index in [1.54, 1.807) is 0 Å². The van der Waals surface area contributed by atoms with Crippen LogP contribution < -0.4 is 0 Å². The SMILES string of the molecule is CC(C)C(=O)CN1CCN(CCC(C)(C)CC(C)(C)C(C)C)CC1. The number of hydrogen-bond donors (Lipinski definition) is 0. The minimum Gasteiger partial charge on any atom is -0.301 e. The fourth-order valence-corrected chi connectivity index (χ4v) is 3.56. The van der Waals surface area contributed by atoms with Gasteiger partial charge in [0, 0.05) is 32.1 Å². The second-order valence-electron chi connectivity index (χ2n) is 9.97. The highest BCUT2D eigenvalue weighted by molar-refractivity contribution is 5.82. The molecule has 1 aliphatic rings. The molecule has 1 rings (SSSR count). The van der Waals surface area contributed by atoms with E-state index in [2.05, 4.69) is 51.3 Å². The van der Waals surface area contributed by atoms with Crippen LogP contribution in [0.5, 0.6) is 0 Å². The van der Waals surface area contributed by atoms with Gasteiger partial charge < -0.3 is 4.90 Å². The molecule has 0 unspecified atom stereocenters. The third-order valence-electron chi connectivity index (χ3n) is 6.09. The van der Waals surface area contributed by atoms with Crippen molar-refractivity contribution in [2.75, 3.05) is 39.3 Å². The Hall–Kier alpha value is -0.410. The van der Waals surface area contributed by atoms with Gasteiger partial charge in [-0.15, -0.1) is 0 Å². The summed E-state index contributed by atoms with van der Waals surface area (Å²) in [5, 5.41) is 0. The van der Waals surface area contributed by atoms with Crippen molar-refractivity contribution in [2.24, 2.45) is 22.7 Å². The van der Waals surface area contributed by atoms with Gasteiger partial charge in [-0.2, -0.15) is 0 Å². The van der Waals surface area contributed by atoms with Crippen LogP contribution >= 0.6 is 0 Å². The fourth-order valence-electron chi connectivity index (χ4n) is 3.56. The Kier molecular flexibility index (Phi) is 7.93. The summed E-state index contributed by atoms with van der Waals surface area (Å²) in [6.07, 6.45) is 2.54. The zero-order chi connectivity index (χ0) is 18.5. The molecular weight excluding hydrogens is 296 g/mol. The molecule has 0 radical (unpaired) electrons. The Balaban J connectivity index is 2.36. The Bertz CT molecular complexity index is 391. The summed E-state index contributed by atoms with van der Waals surface area (Å²) < 4.78 is 0. The lowest BCUT2D eigenvalue weighted by molar-refractivity contribution is -0.123. The van der Waals surface area contributed by atoms with E-state index < -0.39 is 0 Å². The highest BCUT2D eigenvalue weighted by Crippen LogP contribution is 2.40. The summed E-state index contributed by atoms with van der Waals surface area (Å²) in [7, 11) is 0. The predicted molar refractivity (Wildman–Crippen MR) is 104 cm³/mol. The summed E-state index contributed by atoms with van der Waals surface area (Å²) in [6, 6.07) is 0. The van der Waals surface area contributed by atoms with Gasteiger partial charge in [0.1, 0.15) is 5.78 Å². The molecule has 0 atom stereocenters. The van der Waals surface area contributed by atoms with Crippen LogP contribution in [0.2, 0.25) is 0 Å². The molecule has 0 aromatic carbocycles. The standard InChI is InChI=1S/C21H42N2O/c1-17(2)19(24)15-23-13-11-22(12-14-23)10-9-20(5,6)16-21(7,8)18(3)4/h17-18H,9-16H2,1-8H3. The van der Waals surface area contributed by atoms with Crippen molar-refractivity contribution in [2.45, 2.75) is 68.2 Å². The molecule has 142 valence electrons. The number of ketones is 1. The van der Waals surface area contributed by atoms with Crippen LogP contribution in [0.3, 0.4) is 0 Å². The van der Waals surface area contributed by atoms with Gasteiger partial charge in [-0.05, 0) is 36.1 Å². The van der Waals surface area contributed by atoms with Crippen molar-refractivity contribution in [1.82, 2.24) is 9.80 Å². The fraction of sp³-hybridized carbons (Fsp3) is 0.952. The smallest absolute Gasteiger partial charge is 0.149 e. The molecule has 0 spiro atoms. The van der Waals surface area contributed by atoms with Crippen molar-refractivity contribution in [3.63, 3.8) is 0 Å². The summed E-state index contributed by atoms with van der Waals surface area (Å²) in [6.45, 7) is 24.5. The molecule has 1 heterocycles. The maximum absolute atomic E-state index is 11.9. The molecule has 0 aromatic rings. The maximum Gasteiger partial charge on any atom is 0.149 e. The average molecular weight is 339 g/mol. The van der Waals surface area contributed by atoms with Crippen LogP contribution in [0.25, 0.3) is 0 Å². The lowest BCUT2D eigenvalue weighted by Crippen LogP contribution is -2.49. The van der Waals surface area contributed by atoms with Gasteiger partial charge >= 0.3 is 0 Å². The number of Topliss-reactive ketones (excluding diaryl/α,β-unsaturated/α-hetero) is 1. The number of carbonyl (C=O) groups is 1. The number of nitrogens with zero attached hydrogens (tertiary/aromatic N) is 2. The quantitative estimate of drug-likeness (QED) is 0.625. The zero-order valence-corrected chi connectivity index (χ0v) is 17.6. The van der Waals surface area contributed by atoms with E-state index in [4.69, 9.17) is 0 Å². The molecule has 1 fully saturated rings. The first-order valence-corrected chi connectivity index (χ1v) is 9.90.